The van der Waals surface area contributed by atoms with Crippen LogP contribution in [0.25, 0.3) is 0 Å². The highest BCUT2D eigenvalue weighted by Crippen LogP contribution is 2.69. The van der Waals surface area contributed by atoms with E-state index in [1.165, 1.54) is 32.1 Å². The van der Waals surface area contributed by atoms with E-state index in [1.807, 2.05) is 6.92 Å². The summed E-state index contributed by atoms with van der Waals surface area (Å²) < 4.78 is 40.4. The summed E-state index contributed by atoms with van der Waals surface area (Å²) in [7, 11) is 0. The maximum absolute atomic E-state index is 12.5. The summed E-state index contributed by atoms with van der Waals surface area (Å²) in [6, 6.07) is 0. The molecule has 5 aliphatic carbocycles. The van der Waals surface area contributed by atoms with Crippen molar-refractivity contribution >= 4 is 17.0 Å². The summed E-state index contributed by atoms with van der Waals surface area (Å²) in [5, 5.41) is 14.9. The Morgan fingerprint density at radius 3 is 2.44 bits per heavy atom. The number of hydrogen-bond donors (Lipinski definition) is 3. The minimum Gasteiger partial charge on any atom is -0.393 e. The van der Waals surface area contributed by atoms with E-state index >= 15 is 0 Å². The number of carbonyl (C=O) groups is 1. The average molecular weight is 750 g/mol. The SMILES string of the molecule is C[C@H]1C(O[C@@H]2CC[C@@]3(C)C(CC(O)C4C3CC[C@@]3(C)C4CC[C@@H]3[C@H](C)CCC(=O)NCCS(=O)O)C2)OC2O[C@]3(C)CCC4[C@H](C)CCC1[C@@]24OO3. The van der Waals surface area contributed by atoms with Gasteiger partial charge in [0.05, 0.1) is 18.0 Å². The van der Waals surface area contributed by atoms with Crippen molar-refractivity contribution in [3.05, 3.63) is 0 Å². The van der Waals surface area contributed by atoms with Gasteiger partial charge in [0.1, 0.15) is 0 Å². The molecule has 0 radical (unpaired) electrons. The minimum absolute atomic E-state index is 0.0321. The lowest BCUT2D eigenvalue weighted by Crippen LogP contribution is -2.70. The van der Waals surface area contributed by atoms with Crippen molar-refractivity contribution in [2.24, 2.45) is 70.0 Å². The van der Waals surface area contributed by atoms with Gasteiger partial charge < -0.3 is 29.2 Å². The molecule has 10 unspecified atom stereocenters. The molecule has 9 aliphatic rings. The number of rotatable bonds is 9. The van der Waals surface area contributed by atoms with Crippen molar-refractivity contribution in [2.45, 2.75) is 168 Å². The van der Waals surface area contributed by atoms with Crippen molar-refractivity contribution < 1.29 is 42.6 Å². The highest BCUT2D eigenvalue weighted by Gasteiger charge is 2.70. The molecule has 11 heteroatoms. The molecule has 0 aromatic rings. The molecule has 1 amide bonds. The van der Waals surface area contributed by atoms with Gasteiger partial charge in [-0.2, -0.15) is 0 Å². The molecule has 5 saturated carbocycles. The van der Waals surface area contributed by atoms with E-state index in [0.717, 1.165) is 51.4 Å². The summed E-state index contributed by atoms with van der Waals surface area (Å²) in [5.41, 5.74) is -0.196. The van der Waals surface area contributed by atoms with Crippen LogP contribution in [0.5, 0.6) is 0 Å². The third-order valence-corrected chi connectivity index (χ3v) is 17.8. The van der Waals surface area contributed by atoms with Gasteiger partial charge in [0.2, 0.25) is 11.7 Å². The van der Waals surface area contributed by atoms with Crippen LogP contribution in [0.1, 0.15) is 131 Å². The molecular weight excluding hydrogens is 683 g/mol. The van der Waals surface area contributed by atoms with Crippen molar-refractivity contribution in [1.29, 1.82) is 0 Å². The molecule has 4 heterocycles. The standard InChI is InChI=1S/C41H67NO9S/c1-23(8-12-34(44)42-19-20-52(45)46)28-10-11-31-35-32(14-17-39(28,31)5)38(4)16-13-27(21-26(38)22-33(35)43)47-36-25(3)30-9-7-24(2)29-15-18-40(6)49-37(48-36)41(29,30)51-50-40/h23-33,35-37,43H,7-22H2,1-6H3,(H,42,44)(H,45,46)/t23-,24-,25-,26?,27-,28-,29?,30?,31?,32?,33?,35?,36?,37?,38+,39-,40+,41-/m1/s1. The third kappa shape index (κ3) is 6.20. The first kappa shape index (κ1) is 38.2. The zero-order chi connectivity index (χ0) is 36.8. The topological polar surface area (TPSA) is 133 Å². The molecule has 1 spiro atoms. The largest absolute Gasteiger partial charge is 0.393 e. The lowest BCUT2D eigenvalue weighted by molar-refractivity contribution is -0.578. The fourth-order valence-corrected chi connectivity index (χ4v) is 14.7. The molecule has 296 valence electrons. The van der Waals surface area contributed by atoms with Crippen molar-refractivity contribution in [3.8, 4) is 0 Å². The molecule has 4 saturated heterocycles. The smallest absolute Gasteiger partial charge is 0.220 e. The second-order valence-corrected chi connectivity index (χ2v) is 20.8. The molecule has 9 rings (SSSR count). The van der Waals surface area contributed by atoms with Crippen LogP contribution < -0.4 is 5.32 Å². The first-order chi connectivity index (χ1) is 24.7. The Labute approximate surface area is 314 Å². The molecule has 3 N–H and O–H groups in total. The van der Waals surface area contributed by atoms with Gasteiger partial charge in [0.25, 0.3) is 0 Å². The summed E-state index contributed by atoms with van der Waals surface area (Å²) in [6.45, 7) is 14.2. The van der Waals surface area contributed by atoms with Gasteiger partial charge in [-0.15, -0.1) is 0 Å². The van der Waals surface area contributed by atoms with Crippen LogP contribution in [0.4, 0.5) is 0 Å². The number of nitrogens with one attached hydrogen (secondary N) is 1. The molecule has 0 aromatic heterocycles. The Morgan fingerprint density at radius 2 is 1.65 bits per heavy atom. The number of hydrogen-bond acceptors (Lipinski definition) is 8. The average Bonchev–Trinajstić information content (AvgIpc) is 3.29. The zero-order valence-electron chi connectivity index (χ0n) is 32.6. The van der Waals surface area contributed by atoms with E-state index in [9.17, 15) is 14.1 Å². The Kier molecular flexibility index (Phi) is 10.3. The monoisotopic (exact) mass is 749 g/mol. The number of ether oxygens (including phenoxy) is 3. The molecular formula is C41H67NO9S. The van der Waals surface area contributed by atoms with E-state index < -0.39 is 28.8 Å². The number of aliphatic hydroxyl groups is 1. The van der Waals surface area contributed by atoms with Gasteiger partial charge in [0, 0.05) is 31.2 Å². The predicted octanol–water partition coefficient (Wildman–Crippen LogP) is 6.96. The number of carbonyl (C=O) groups excluding carboxylic acids is 1. The van der Waals surface area contributed by atoms with Gasteiger partial charge in [-0.1, -0.05) is 34.6 Å². The third-order valence-electron chi connectivity index (χ3n) is 17.2. The minimum atomic E-state index is -1.89. The first-order valence-corrected chi connectivity index (χ1v) is 22.3. The maximum atomic E-state index is 12.5. The van der Waals surface area contributed by atoms with E-state index in [4.69, 9.17) is 28.5 Å². The Morgan fingerprint density at radius 1 is 0.923 bits per heavy atom. The van der Waals surface area contributed by atoms with Crippen LogP contribution in [-0.4, -0.2) is 68.2 Å². The van der Waals surface area contributed by atoms with Gasteiger partial charge in [-0.25, -0.2) is 14.0 Å². The van der Waals surface area contributed by atoms with Gasteiger partial charge >= 0.3 is 0 Å². The highest BCUT2D eigenvalue weighted by molar-refractivity contribution is 7.79. The molecule has 19 atom stereocenters. The van der Waals surface area contributed by atoms with Gasteiger partial charge in [-0.05, 0) is 142 Å². The summed E-state index contributed by atoms with van der Waals surface area (Å²) in [6.07, 6.45) is 13.0. The quantitative estimate of drug-likeness (QED) is 0.130. The lowest BCUT2D eigenvalue weighted by atomic mass is 9.43. The number of amides is 1. The second kappa shape index (κ2) is 14.1. The van der Waals surface area contributed by atoms with Crippen LogP contribution in [0.2, 0.25) is 0 Å². The maximum Gasteiger partial charge on any atom is 0.220 e. The van der Waals surface area contributed by atoms with E-state index in [0.29, 0.717) is 53.8 Å². The normalized spacial score (nSPS) is 53.4. The Balaban J connectivity index is 0.909. The number of aliphatic hydroxyl groups excluding tert-OH is 1. The van der Waals surface area contributed by atoms with E-state index in [2.05, 4.69) is 39.9 Å². The summed E-state index contributed by atoms with van der Waals surface area (Å²) in [5.74, 6) is 3.31. The van der Waals surface area contributed by atoms with Crippen molar-refractivity contribution in [3.63, 3.8) is 0 Å². The van der Waals surface area contributed by atoms with Crippen molar-refractivity contribution in [2.75, 3.05) is 12.3 Å². The first-order valence-electron chi connectivity index (χ1n) is 21.1. The summed E-state index contributed by atoms with van der Waals surface area (Å²) >= 11 is -1.89. The Bertz CT molecular complexity index is 1370. The highest BCUT2D eigenvalue weighted by atomic mass is 32.2. The molecule has 9 fully saturated rings. The lowest BCUT2D eigenvalue weighted by Gasteiger charge is -2.63. The van der Waals surface area contributed by atoms with Gasteiger partial charge in [-0.3, -0.25) is 4.79 Å². The predicted molar refractivity (Wildman–Crippen MR) is 195 cm³/mol. The van der Waals surface area contributed by atoms with Crippen LogP contribution in [-0.2, 0) is 39.9 Å². The van der Waals surface area contributed by atoms with Gasteiger partial charge in [0.15, 0.2) is 29.3 Å². The molecule has 4 aliphatic heterocycles. The van der Waals surface area contributed by atoms with Crippen LogP contribution in [0, 0.1) is 70.0 Å². The fourth-order valence-electron chi connectivity index (χ4n) is 14.4. The van der Waals surface area contributed by atoms with Crippen LogP contribution >= 0.6 is 0 Å². The zero-order valence-corrected chi connectivity index (χ0v) is 33.4. The van der Waals surface area contributed by atoms with Crippen molar-refractivity contribution in [1.82, 2.24) is 5.32 Å². The molecule has 0 aromatic carbocycles. The van der Waals surface area contributed by atoms with E-state index in [1.54, 1.807) is 0 Å². The number of fused-ring (bicyclic) bond motifs is 7. The fraction of sp³-hybridized carbons (Fsp3) is 0.976. The molecule has 52 heavy (non-hydrogen) atoms. The second-order valence-electron chi connectivity index (χ2n) is 19.7. The van der Waals surface area contributed by atoms with E-state index in [-0.39, 0.29) is 59.4 Å². The van der Waals surface area contributed by atoms with Crippen LogP contribution in [0.15, 0.2) is 0 Å². The molecule has 10 nitrogen and oxygen atoms in total. The Hall–Kier alpha value is -0.660. The summed E-state index contributed by atoms with van der Waals surface area (Å²) in [4.78, 5) is 24.9. The molecule has 2 bridgehead atoms. The van der Waals surface area contributed by atoms with Crippen LogP contribution in [0.3, 0.4) is 0 Å².